The quantitative estimate of drug-likeness (QED) is 0.713. The molecule has 2 amide bonds. The number of carbonyl (C=O) groups is 2. The first-order valence-electron chi connectivity index (χ1n) is 9.64. The SMILES string of the molecule is NCC(=O)N1CCN(C(=O)c2ccc(/C=C/c3n[nH]c4ccccc34)cc2)CC1. The Morgan fingerprint density at radius 3 is 2.38 bits per heavy atom. The lowest BCUT2D eigenvalue weighted by Crippen LogP contribution is -2.51. The van der Waals surface area contributed by atoms with Gasteiger partial charge >= 0.3 is 0 Å². The Morgan fingerprint density at radius 1 is 0.966 bits per heavy atom. The van der Waals surface area contributed by atoms with Crippen LogP contribution >= 0.6 is 0 Å². The highest BCUT2D eigenvalue weighted by atomic mass is 16.2. The van der Waals surface area contributed by atoms with Gasteiger partial charge in [0.25, 0.3) is 5.91 Å². The van der Waals surface area contributed by atoms with E-state index in [9.17, 15) is 9.59 Å². The third-order valence-corrected chi connectivity index (χ3v) is 5.19. The van der Waals surface area contributed by atoms with Crippen LogP contribution in [0.5, 0.6) is 0 Å². The summed E-state index contributed by atoms with van der Waals surface area (Å²) in [6.07, 6.45) is 3.94. The van der Waals surface area contributed by atoms with Crippen molar-refractivity contribution in [2.24, 2.45) is 5.73 Å². The molecule has 3 N–H and O–H groups in total. The maximum Gasteiger partial charge on any atom is 0.253 e. The summed E-state index contributed by atoms with van der Waals surface area (Å²) in [5, 5.41) is 8.42. The Balaban J connectivity index is 1.40. The molecule has 1 aliphatic heterocycles. The number of aromatic amines is 1. The highest BCUT2D eigenvalue weighted by Gasteiger charge is 2.24. The number of hydrogen-bond acceptors (Lipinski definition) is 4. The van der Waals surface area contributed by atoms with Crippen molar-refractivity contribution in [3.05, 3.63) is 65.4 Å². The maximum atomic E-state index is 12.7. The van der Waals surface area contributed by atoms with E-state index in [1.54, 1.807) is 9.80 Å². The summed E-state index contributed by atoms with van der Waals surface area (Å²) >= 11 is 0. The van der Waals surface area contributed by atoms with Crippen molar-refractivity contribution in [2.75, 3.05) is 32.7 Å². The van der Waals surface area contributed by atoms with Gasteiger partial charge in [-0.3, -0.25) is 14.7 Å². The highest BCUT2D eigenvalue weighted by Crippen LogP contribution is 2.18. The molecular formula is C22H23N5O2. The smallest absolute Gasteiger partial charge is 0.253 e. The van der Waals surface area contributed by atoms with Gasteiger partial charge in [0.15, 0.2) is 0 Å². The zero-order valence-corrected chi connectivity index (χ0v) is 16.0. The van der Waals surface area contributed by atoms with Crippen molar-refractivity contribution in [3.63, 3.8) is 0 Å². The number of piperazine rings is 1. The van der Waals surface area contributed by atoms with Crippen LogP contribution in [0.25, 0.3) is 23.1 Å². The van der Waals surface area contributed by atoms with Gasteiger partial charge in [0, 0.05) is 37.1 Å². The maximum absolute atomic E-state index is 12.7. The third kappa shape index (κ3) is 4.05. The molecule has 2 heterocycles. The topological polar surface area (TPSA) is 95.3 Å². The largest absolute Gasteiger partial charge is 0.338 e. The summed E-state index contributed by atoms with van der Waals surface area (Å²) in [5.74, 6) is -0.0865. The number of benzene rings is 2. The predicted molar refractivity (Wildman–Crippen MR) is 113 cm³/mol. The number of H-pyrrole nitrogens is 1. The summed E-state index contributed by atoms with van der Waals surface area (Å²) < 4.78 is 0. The molecule has 1 saturated heterocycles. The minimum absolute atomic E-state index is 0.0109. The van der Waals surface area contributed by atoms with Crippen LogP contribution in [-0.4, -0.2) is 64.5 Å². The number of fused-ring (bicyclic) bond motifs is 1. The van der Waals surface area contributed by atoms with Crippen molar-refractivity contribution >= 4 is 34.9 Å². The van der Waals surface area contributed by atoms with Crippen molar-refractivity contribution in [2.45, 2.75) is 0 Å². The normalized spacial score (nSPS) is 14.7. The van der Waals surface area contributed by atoms with Crippen LogP contribution in [0, 0.1) is 0 Å². The van der Waals surface area contributed by atoms with Gasteiger partial charge in [-0.15, -0.1) is 0 Å². The average Bonchev–Trinajstić information content (AvgIpc) is 3.20. The number of nitrogens with two attached hydrogens (primary N) is 1. The molecule has 7 nitrogen and oxygen atoms in total. The van der Waals surface area contributed by atoms with Gasteiger partial charge < -0.3 is 15.5 Å². The van der Waals surface area contributed by atoms with Crippen LogP contribution in [-0.2, 0) is 4.79 Å². The van der Waals surface area contributed by atoms with Gasteiger partial charge in [-0.05, 0) is 29.8 Å². The lowest BCUT2D eigenvalue weighted by Gasteiger charge is -2.34. The predicted octanol–water partition coefficient (Wildman–Crippen LogP) is 1.98. The van der Waals surface area contributed by atoms with Gasteiger partial charge in [-0.25, -0.2) is 0 Å². The lowest BCUT2D eigenvalue weighted by atomic mass is 10.1. The van der Waals surface area contributed by atoms with E-state index >= 15 is 0 Å². The monoisotopic (exact) mass is 389 g/mol. The fraction of sp³-hybridized carbons (Fsp3) is 0.227. The third-order valence-electron chi connectivity index (χ3n) is 5.19. The minimum Gasteiger partial charge on any atom is -0.338 e. The molecule has 0 saturated carbocycles. The Morgan fingerprint density at radius 2 is 1.66 bits per heavy atom. The number of nitrogens with zero attached hydrogens (tertiary/aromatic N) is 3. The number of carbonyl (C=O) groups excluding carboxylic acids is 2. The molecule has 4 rings (SSSR count). The molecule has 0 aliphatic carbocycles. The first-order chi connectivity index (χ1) is 14.2. The van der Waals surface area contributed by atoms with Crippen molar-refractivity contribution < 1.29 is 9.59 Å². The Hall–Kier alpha value is -3.45. The second kappa shape index (κ2) is 8.28. The molecule has 2 aromatic carbocycles. The Kier molecular flexibility index (Phi) is 5.39. The first-order valence-corrected chi connectivity index (χ1v) is 9.64. The Bertz CT molecular complexity index is 1050. The molecule has 0 bridgehead atoms. The van der Waals surface area contributed by atoms with Crippen LogP contribution in [0.4, 0.5) is 0 Å². The fourth-order valence-corrected chi connectivity index (χ4v) is 3.49. The van der Waals surface area contributed by atoms with Crippen LogP contribution < -0.4 is 5.73 Å². The number of para-hydroxylation sites is 1. The molecule has 1 fully saturated rings. The molecule has 0 spiro atoms. The van der Waals surface area contributed by atoms with E-state index in [2.05, 4.69) is 10.2 Å². The standard InChI is InChI=1S/C22H23N5O2/c23-15-21(28)26-11-13-27(14-12-26)22(29)17-8-5-16(6-9-17)7-10-20-18-3-1-2-4-19(18)24-25-20/h1-10H,11-15,23H2,(H,24,25)/b10-7+. The van der Waals surface area contributed by atoms with E-state index in [1.165, 1.54) is 0 Å². The summed E-state index contributed by atoms with van der Waals surface area (Å²) in [6.45, 7) is 2.12. The number of rotatable bonds is 4. The van der Waals surface area contributed by atoms with Crippen LogP contribution in [0.15, 0.2) is 48.5 Å². The van der Waals surface area contributed by atoms with Crippen LogP contribution in [0.1, 0.15) is 21.6 Å². The molecule has 3 aromatic rings. The summed E-state index contributed by atoms with van der Waals surface area (Å²) in [5.41, 5.74) is 8.92. The summed E-state index contributed by atoms with van der Waals surface area (Å²) in [4.78, 5) is 27.9. The fourth-order valence-electron chi connectivity index (χ4n) is 3.49. The zero-order chi connectivity index (χ0) is 20.2. The van der Waals surface area contributed by atoms with E-state index in [0.717, 1.165) is 22.2 Å². The average molecular weight is 389 g/mol. The Labute approximate surface area is 168 Å². The molecule has 0 atom stereocenters. The van der Waals surface area contributed by atoms with Crippen molar-refractivity contribution in [1.82, 2.24) is 20.0 Å². The summed E-state index contributed by atoms with van der Waals surface area (Å²) in [6, 6.07) is 15.5. The van der Waals surface area contributed by atoms with Gasteiger partial charge in [0.2, 0.25) is 5.91 Å². The minimum atomic E-state index is -0.0714. The van der Waals surface area contributed by atoms with Crippen LogP contribution in [0.3, 0.4) is 0 Å². The molecule has 0 radical (unpaired) electrons. The molecule has 0 unspecified atom stereocenters. The second-order valence-electron chi connectivity index (χ2n) is 6.99. The van der Waals surface area contributed by atoms with E-state index in [1.807, 2.05) is 60.7 Å². The van der Waals surface area contributed by atoms with Crippen LogP contribution in [0.2, 0.25) is 0 Å². The highest BCUT2D eigenvalue weighted by molar-refractivity contribution is 5.95. The molecular weight excluding hydrogens is 366 g/mol. The number of amides is 2. The number of nitrogens with one attached hydrogen (secondary N) is 1. The van der Waals surface area contributed by atoms with Crippen molar-refractivity contribution in [3.8, 4) is 0 Å². The molecule has 148 valence electrons. The first kappa shape index (κ1) is 18.9. The van der Waals surface area contributed by atoms with E-state index in [4.69, 9.17) is 5.73 Å². The molecule has 29 heavy (non-hydrogen) atoms. The van der Waals surface area contributed by atoms with E-state index in [-0.39, 0.29) is 18.4 Å². The molecule has 7 heteroatoms. The zero-order valence-electron chi connectivity index (χ0n) is 16.0. The molecule has 1 aliphatic rings. The second-order valence-corrected chi connectivity index (χ2v) is 6.99. The van der Waals surface area contributed by atoms with Crippen molar-refractivity contribution in [1.29, 1.82) is 0 Å². The molecule has 1 aromatic heterocycles. The van der Waals surface area contributed by atoms with Gasteiger partial charge in [-0.1, -0.05) is 36.4 Å². The van der Waals surface area contributed by atoms with E-state index < -0.39 is 0 Å². The number of aromatic nitrogens is 2. The van der Waals surface area contributed by atoms with Gasteiger partial charge in [0.05, 0.1) is 17.8 Å². The number of hydrogen-bond donors (Lipinski definition) is 2. The lowest BCUT2D eigenvalue weighted by molar-refractivity contribution is -0.131. The summed E-state index contributed by atoms with van der Waals surface area (Å²) in [7, 11) is 0. The van der Waals surface area contributed by atoms with Gasteiger partial charge in [-0.2, -0.15) is 5.10 Å². The van der Waals surface area contributed by atoms with E-state index in [0.29, 0.717) is 31.7 Å². The van der Waals surface area contributed by atoms with Gasteiger partial charge in [0.1, 0.15) is 0 Å².